The Labute approximate surface area is 144 Å². The predicted molar refractivity (Wildman–Crippen MR) is 99.0 cm³/mol. The summed E-state index contributed by atoms with van der Waals surface area (Å²) in [4.78, 5) is 14.6. The van der Waals surface area contributed by atoms with Crippen LogP contribution in [0.1, 0.15) is 32.3 Å². The van der Waals surface area contributed by atoms with Crippen molar-refractivity contribution in [2.24, 2.45) is 11.1 Å². The zero-order valence-electron chi connectivity index (χ0n) is 15.1. The quantitative estimate of drug-likeness (QED) is 0.845. The van der Waals surface area contributed by atoms with E-state index >= 15 is 0 Å². The number of nitrogens with zero attached hydrogens (tertiary/aromatic N) is 1. The van der Waals surface area contributed by atoms with Crippen LogP contribution in [0.5, 0.6) is 5.75 Å². The molecule has 130 valence electrons. The van der Waals surface area contributed by atoms with E-state index in [4.69, 9.17) is 10.5 Å². The number of ether oxygens (including phenoxy) is 1. The van der Waals surface area contributed by atoms with Crippen LogP contribution < -0.4 is 10.5 Å². The highest BCUT2D eigenvalue weighted by molar-refractivity contribution is 5.85. The van der Waals surface area contributed by atoms with Gasteiger partial charge in [-0.3, -0.25) is 4.79 Å². The number of methoxy groups -OCH3 is 1. The van der Waals surface area contributed by atoms with E-state index < -0.39 is 5.41 Å². The van der Waals surface area contributed by atoms with E-state index in [1.54, 1.807) is 12.0 Å². The topological polar surface area (TPSA) is 55.6 Å². The number of hydrogen-bond donors (Lipinski definition) is 1. The van der Waals surface area contributed by atoms with Crippen LogP contribution in [0, 0.1) is 5.41 Å². The maximum Gasteiger partial charge on any atom is 0.230 e. The standard InChI is InChI=1S/C20H28N2O2/c1-5-20(6-2,14-21)19(23)22(3)13-15-7-8-17-12-18(24-4)10-9-16(17)11-15/h7-12H,5-6,13-14,21H2,1-4H3. The summed E-state index contributed by atoms with van der Waals surface area (Å²) in [5, 5.41) is 2.27. The summed E-state index contributed by atoms with van der Waals surface area (Å²) in [6.07, 6.45) is 1.53. The minimum atomic E-state index is -0.445. The highest BCUT2D eigenvalue weighted by atomic mass is 16.5. The minimum absolute atomic E-state index is 0.129. The molecule has 2 N–H and O–H groups in total. The Bertz CT molecular complexity index is 700. The van der Waals surface area contributed by atoms with E-state index in [0.717, 1.165) is 34.9 Å². The second kappa shape index (κ2) is 7.67. The first kappa shape index (κ1) is 18.3. The van der Waals surface area contributed by atoms with Crippen LogP contribution in [0.15, 0.2) is 36.4 Å². The number of rotatable bonds is 7. The predicted octanol–water partition coefficient (Wildman–Crippen LogP) is 3.57. The molecule has 0 aliphatic heterocycles. The molecule has 0 bridgehead atoms. The highest BCUT2D eigenvalue weighted by Gasteiger charge is 2.35. The molecule has 4 heteroatoms. The van der Waals surface area contributed by atoms with E-state index in [-0.39, 0.29) is 5.91 Å². The average molecular weight is 328 g/mol. The molecule has 0 fully saturated rings. The molecule has 2 aromatic rings. The van der Waals surface area contributed by atoms with Crippen molar-refractivity contribution in [2.45, 2.75) is 33.2 Å². The number of carbonyl (C=O) groups is 1. The van der Waals surface area contributed by atoms with Gasteiger partial charge in [-0.05, 0) is 47.4 Å². The van der Waals surface area contributed by atoms with Gasteiger partial charge in [-0.2, -0.15) is 0 Å². The number of benzene rings is 2. The van der Waals surface area contributed by atoms with Crippen molar-refractivity contribution in [3.8, 4) is 5.75 Å². The van der Waals surface area contributed by atoms with Gasteiger partial charge < -0.3 is 15.4 Å². The van der Waals surface area contributed by atoms with E-state index in [1.807, 2.05) is 39.1 Å². The average Bonchev–Trinajstić information content (AvgIpc) is 2.63. The zero-order valence-corrected chi connectivity index (χ0v) is 15.1. The largest absolute Gasteiger partial charge is 0.497 e. The molecule has 0 saturated carbocycles. The third-order valence-electron chi connectivity index (χ3n) is 5.08. The van der Waals surface area contributed by atoms with Crippen molar-refractivity contribution >= 4 is 16.7 Å². The summed E-state index contributed by atoms with van der Waals surface area (Å²) < 4.78 is 5.26. The summed E-state index contributed by atoms with van der Waals surface area (Å²) in [7, 11) is 3.53. The van der Waals surface area contributed by atoms with Crippen LogP contribution in [0.2, 0.25) is 0 Å². The fourth-order valence-corrected chi connectivity index (χ4v) is 3.18. The van der Waals surface area contributed by atoms with Gasteiger partial charge >= 0.3 is 0 Å². The molecule has 24 heavy (non-hydrogen) atoms. The first-order valence-electron chi connectivity index (χ1n) is 8.52. The van der Waals surface area contributed by atoms with Crippen molar-refractivity contribution in [1.29, 1.82) is 0 Å². The maximum atomic E-state index is 12.8. The van der Waals surface area contributed by atoms with Gasteiger partial charge in [0, 0.05) is 20.1 Å². The van der Waals surface area contributed by atoms with Gasteiger partial charge in [0.15, 0.2) is 0 Å². The van der Waals surface area contributed by atoms with Gasteiger partial charge in [-0.1, -0.05) is 32.0 Å². The van der Waals surface area contributed by atoms with E-state index in [1.165, 1.54) is 0 Å². The Morgan fingerprint density at radius 3 is 2.33 bits per heavy atom. The first-order chi connectivity index (χ1) is 11.5. The molecule has 0 radical (unpaired) electrons. The monoisotopic (exact) mass is 328 g/mol. The van der Waals surface area contributed by atoms with Crippen LogP contribution in [0.3, 0.4) is 0 Å². The molecule has 0 aromatic heterocycles. The molecule has 2 rings (SSSR count). The molecular weight excluding hydrogens is 300 g/mol. The maximum absolute atomic E-state index is 12.8. The Balaban J connectivity index is 2.20. The molecule has 0 saturated heterocycles. The van der Waals surface area contributed by atoms with Crippen LogP contribution in [-0.4, -0.2) is 31.5 Å². The van der Waals surface area contributed by atoms with Crippen molar-refractivity contribution in [3.05, 3.63) is 42.0 Å². The van der Waals surface area contributed by atoms with Crippen LogP contribution in [0.4, 0.5) is 0 Å². The first-order valence-corrected chi connectivity index (χ1v) is 8.52. The van der Waals surface area contributed by atoms with E-state index in [2.05, 4.69) is 18.2 Å². The Hall–Kier alpha value is -2.07. The third kappa shape index (κ3) is 3.54. The molecule has 4 nitrogen and oxygen atoms in total. The SMILES string of the molecule is CCC(CC)(CN)C(=O)N(C)Cc1ccc2cc(OC)ccc2c1. The molecule has 0 heterocycles. The molecule has 0 unspecified atom stereocenters. The molecule has 0 atom stereocenters. The smallest absolute Gasteiger partial charge is 0.230 e. The van der Waals surface area contributed by atoms with Gasteiger partial charge in [0.25, 0.3) is 0 Å². The Morgan fingerprint density at radius 1 is 1.12 bits per heavy atom. The lowest BCUT2D eigenvalue weighted by Gasteiger charge is -2.33. The van der Waals surface area contributed by atoms with Crippen LogP contribution >= 0.6 is 0 Å². The van der Waals surface area contributed by atoms with Crippen molar-refractivity contribution < 1.29 is 9.53 Å². The molecule has 0 spiro atoms. The number of fused-ring (bicyclic) bond motifs is 1. The van der Waals surface area contributed by atoms with Gasteiger partial charge in [-0.15, -0.1) is 0 Å². The molecular formula is C20H28N2O2. The minimum Gasteiger partial charge on any atom is -0.497 e. The van der Waals surface area contributed by atoms with Crippen molar-refractivity contribution in [1.82, 2.24) is 4.90 Å². The summed E-state index contributed by atoms with van der Waals surface area (Å²) in [6, 6.07) is 12.3. The van der Waals surface area contributed by atoms with Crippen LogP contribution in [0.25, 0.3) is 10.8 Å². The molecule has 0 aliphatic carbocycles. The summed E-state index contributed by atoms with van der Waals surface area (Å²) in [6.45, 7) is 5.04. The van der Waals surface area contributed by atoms with Gasteiger partial charge in [0.05, 0.1) is 12.5 Å². The normalized spacial score (nSPS) is 11.5. The second-order valence-electron chi connectivity index (χ2n) is 6.40. The molecule has 0 aliphatic rings. The zero-order chi connectivity index (χ0) is 17.7. The number of carbonyl (C=O) groups excluding carboxylic acids is 1. The molecule has 1 amide bonds. The van der Waals surface area contributed by atoms with Gasteiger partial charge in [0.1, 0.15) is 5.75 Å². The van der Waals surface area contributed by atoms with Gasteiger partial charge in [-0.25, -0.2) is 0 Å². The Morgan fingerprint density at radius 2 is 1.75 bits per heavy atom. The van der Waals surface area contributed by atoms with Crippen molar-refractivity contribution in [2.75, 3.05) is 20.7 Å². The third-order valence-corrected chi connectivity index (χ3v) is 5.08. The number of nitrogens with two attached hydrogens (primary N) is 1. The van der Waals surface area contributed by atoms with Gasteiger partial charge in [0.2, 0.25) is 5.91 Å². The Kier molecular flexibility index (Phi) is 5.84. The summed E-state index contributed by atoms with van der Waals surface area (Å²) >= 11 is 0. The lowest BCUT2D eigenvalue weighted by molar-refractivity contribution is -0.141. The molecule has 2 aromatic carbocycles. The lowest BCUT2D eigenvalue weighted by atomic mass is 9.81. The van der Waals surface area contributed by atoms with Crippen molar-refractivity contribution in [3.63, 3.8) is 0 Å². The van der Waals surface area contributed by atoms with Crippen LogP contribution in [-0.2, 0) is 11.3 Å². The highest BCUT2D eigenvalue weighted by Crippen LogP contribution is 2.28. The number of amides is 1. The summed E-state index contributed by atoms with van der Waals surface area (Å²) in [5.41, 5.74) is 6.57. The summed E-state index contributed by atoms with van der Waals surface area (Å²) in [5.74, 6) is 0.978. The second-order valence-corrected chi connectivity index (χ2v) is 6.40. The fraction of sp³-hybridized carbons (Fsp3) is 0.450. The number of hydrogen-bond acceptors (Lipinski definition) is 3. The fourth-order valence-electron chi connectivity index (χ4n) is 3.18. The van der Waals surface area contributed by atoms with E-state index in [9.17, 15) is 4.79 Å². The lowest BCUT2D eigenvalue weighted by Crippen LogP contribution is -2.45. The van der Waals surface area contributed by atoms with E-state index in [0.29, 0.717) is 13.1 Å².